The molecule has 7 aliphatic rings. The zero-order chi connectivity index (χ0) is 22.4. The third-order valence-corrected chi connectivity index (χ3v) is 8.99. The Labute approximate surface area is 192 Å². The molecule has 33 heavy (non-hydrogen) atoms. The maximum Gasteiger partial charge on any atom is 0.262 e. The van der Waals surface area contributed by atoms with E-state index in [1.165, 1.54) is 6.42 Å². The Kier molecular flexibility index (Phi) is 4.19. The Morgan fingerprint density at radius 3 is 2.03 bits per heavy atom. The van der Waals surface area contributed by atoms with E-state index in [9.17, 15) is 14.4 Å². The summed E-state index contributed by atoms with van der Waals surface area (Å²) in [5.74, 6) is -0.0337. The molecule has 0 radical (unpaired) electrons. The van der Waals surface area contributed by atoms with Crippen molar-refractivity contribution in [2.24, 2.45) is 23.7 Å². The standard InChI is InChI=1S/C25H28N2O6/c28-21(14-27-22(29)19-3-1-2-4-20(19)23(27)30)26-7-5-24(6-8-26)31-25(33-32-24)17-10-15-9-16(12-17)13-18(25)11-15/h1-4,15-18H,5-14H2. The van der Waals surface area contributed by atoms with Crippen LogP contribution in [0.5, 0.6) is 0 Å². The van der Waals surface area contributed by atoms with Gasteiger partial charge in [-0.2, -0.15) is 9.78 Å². The summed E-state index contributed by atoms with van der Waals surface area (Å²) in [5.41, 5.74) is 0.720. The smallest absolute Gasteiger partial charge is 0.262 e. The third kappa shape index (κ3) is 2.83. The summed E-state index contributed by atoms with van der Waals surface area (Å²) in [5, 5.41) is 0. The molecule has 174 valence electrons. The van der Waals surface area contributed by atoms with Crippen LogP contribution in [0.15, 0.2) is 24.3 Å². The fraction of sp³-hybridized carbons (Fsp3) is 0.640. The molecule has 0 N–H and O–H groups in total. The van der Waals surface area contributed by atoms with E-state index in [1.807, 2.05) is 0 Å². The lowest BCUT2D eigenvalue weighted by atomic mass is 9.53. The van der Waals surface area contributed by atoms with Gasteiger partial charge in [0, 0.05) is 37.8 Å². The average Bonchev–Trinajstić information content (AvgIpc) is 3.30. The van der Waals surface area contributed by atoms with Crippen LogP contribution in [0.3, 0.4) is 0 Å². The molecule has 4 saturated carbocycles. The Bertz CT molecular complexity index is 982. The first-order chi connectivity index (χ1) is 16.0. The molecule has 2 saturated heterocycles. The van der Waals surface area contributed by atoms with Gasteiger partial charge in [0.25, 0.3) is 11.8 Å². The molecule has 3 aliphatic heterocycles. The maximum atomic E-state index is 13.0. The van der Waals surface area contributed by atoms with Gasteiger partial charge in [-0.3, -0.25) is 19.3 Å². The number of fused-ring (bicyclic) bond motifs is 1. The minimum Gasteiger partial charge on any atom is -0.341 e. The van der Waals surface area contributed by atoms with Gasteiger partial charge in [-0.05, 0) is 56.1 Å². The van der Waals surface area contributed by atoms with Gasteiger partial charge in [-0.15, -0.1) is 0 Å². The SMILES string of the molecule is O=C(CN1C(=O)c2ccccc2C1=O)N1CCC2(CC1)OOC1(O2)C2CC3CC(C2)CC1C3. The number of carbonyl (C=O) groups is 3. The Balaban J connectivity index is 1.00. The van der Waals surface area contributed by atoms with Crippen LogP contribution in [0.4, 0.5) is 0 Å². The first-order valence-electron chi connectivity index (χ1n) is 12.3. The maximum absolute atomic E-state index is 13.0. The Hall–Kier alpha value is -2.29. The van der Waals surface area contributed by atoms with Crippen molar-refractivity contribution in [2.45, 2.75) is 56.5 Å². The summed E-state index contributed by atoms with van der Waals surface area (Å²) < 4.78 is 6.69. The molecule has 0 atom stereocenters. The molecule has 3 heterocycles. The molecule has 8 heteroatoms. The molecule has 1 aromatic rings. The summed E-state index contributed by atoms with van der Waals surface area (Å²) in [6, 6.07) is 6.69. The lowest BCUT2D eigenvalue weighted by Crippen LogP contribution is -2.60. The van der Waals surface area contributed by atoms with Crippen molar-refractivity contribution >= 4 is 17.7 Å². The van der Waals surface area contributed by atoms with E-state index in [1.54, 1.807) is 29.2 Å². The molecule has 0 unspecified atom stereocenters. The van der Waals surface area contributed by atoms with Crippen LogP contribution in [-0.4, -0.2) is 58.7 Å². The predicted octanol–water partition coefficient (Wildman–Crippen LogP) is 2.73. The van der Waals surface area contributed by atoms with Crippen molar-refractivity contribution < 1.29 is 28.9 Å². The molecule has 3 amide bonds. The van der Waals surface area contributed by atoms with Gasteiger partial charge in [-0.1, -0.05) is 12.1 Å². The molecule has 0 aromatic heterocycles. The van der Waals surface area contributed by atoms with Crippen molar-refractivity contribution in [2.75, 3.05) is 19.6 Å². The van der Waals surface area contributed by atoms with Crippen LogP contribution in [-0.2, 0) is 19.3 Å². The molecular formula is C25H28N2O6. The zero-order valence-electron chi connectivity index (χ0n) is 18.5. The number of ether oxygens (including phenoxy) is 1. The van der Waals surface area contributed by atoms with Gasteiger partial charge in [0.2, 0.25) is 17.5 Å². The first-order valence-corrected chi connectivity index (χ1v) is 12.3. The number of hydrogen-bond donors (Lipinski definition) is 0. The molecule has 8 nitrogen and oxygen atoms in total. The van der Waals surface area contributed by atoms with Crippen molar-refractivity contribution in [3.8, 4) is 0 Å². The fourth-order valence-corrected chi connectivity index (χ4v) is 7.51. The van der Waals surface area contributed by atoms with Crippen molar-refractivity contribution in [3.63, 3.8) is 0 Å². The van der Waals surface area contributed by atoms with Crippen LogP contribution < -0.4 is 0 Å². The van der Waals surface area contributed by atoms with Crippen LogP contribution in [0.1, 0.15) is 65.7 Å². The first kappa shape index (κ1) is 20.1. The van der Waals surface area contributed by atoms with Crippen LogP contribution in [0.2, 0.25) is 0 Å². The Morgan fingerprint density at radius 2 is 1.45 bits per heavy atom. The van der Waals surface area contributed by atoms with E-state index >= 15 is 0 Å². The number of amides is 3. The molecule has 1 aromatic carbocycles. The quantitative estimate of drug-likeness (QED) is 0.507. The number of nitrogens with zero attached hydrogens (tertiary/aromatic N) is 2. The van der Waals surface area contributed by atoms with E-state index in [2.05, 4.69) is 0 Å². The second kappa shape index (κ2) is 6.87. The van der Waals surface area contributed by atoms with Gasteiger partial charge < -0.3 is 9.64 Å². The van der Waals surface area contributed by atoms with E-state index in [4.69, 9.17) is 14.5 Å². The van der Waals surface area contributed by atoms with Crippen molar-refractivity contribution in [1.29, 1.82) is 0 Å². The largest absolute Gasteiger partial charge is 0.341 e. The molecule has 2 spiro atoms. The number of benzene rings is 1. The minimum absolute atomic E-state index is 0.234. The second-order valence-electron chi connectivity index (χ2n) is 10.8. The van der Waals surface area contributed by atoms with E-state index < -0.39 is 23.4 Å². The van der Waals surface area contributed by atoms with Gasteiger partial charge in [-0.25, -0.2) is 0 Å². The van der Waals surface area contributed by atoms with Crippen molar-refractivity contribution in [3.05, 3.63) is 35.4 Å². The van der Waals surface area contributed by atoms with Crippen molar-refractivity contribution in [1.82, 2.24) is 9.80 Å². The van der Waals surface area contributed by atoms with E-state index in [0.717, 1.165) is 42.4 Å². The summed E-state index contributed by atoms with van der Waals surface area (Å²) in [7, 11) is 0. The average molecular weight is 453 g/mol. The lowest BCUT2D eigenvalue weighted by molar-refractivity contribution is -0.390. The molecular weight excluding hydrogens is 424 g/mol. The summed E-state index contributed by atoms with van der Waals surface area (Å²) in [4.78, 5) is 52.9. The normalized spacial score (nSPS) is 38.1. The van der Waals surface area contributed by atoms with E-state index in [0.29, 0.717) is 48.9 Å². The highest BCUT2D eigenvalue weighted by atomic mass is 17.3. The second-order valence-corrected chi connectivity index (χ2v) is 10.8. The zero-order valence-corrected chi connectivity index (χ0v) is 18.5. The molecule has 6 fully saturated rings. The highest BCUT2D eigenvalue weighted by Crippen LogP contribution is 2.63. The summed E-state index contributed by atoms with van der Waals surface area (Å²) in [6.45, 7) is 0.651. The topological polar surface area (TPSA) is 85.4 Å². The number of imide groups is 1. The van der Waals surface area contributed by atoms with Gasteiger partial charge in [0.1, 0.15) is 6.54 Å². The number of carbonyl (C=O) groups excluding carboxylic acids is 3. The van der Waals surface area contributed by atoms with E-state index in [-0.39, 0.29) is 12.5 Å². The number of piperidine rings is 1. The molecule has 4 aliphatic carbocycles. The summed E-state index contributed by atoms with van der Waals surface area (Å²) >= 11 is 0. The summed E-state index contributed by atoms with van der Waals surface area (Å²) in [6.07, 6.45) is 7.06. The minimum atomic E-state index is -0.804. The van der Waals surface area contributed by atoms with Crippen LogP contribution in [0.25, 0.3) is 0 Å². The Morgan fingerprint density at radius 1 is 0.879 bits per heavy atom. The highest BCUT2D eigenvalue weighted by molar-refractivity contribution is 6.22. The fourth-order valence-electron chi connectivity index (χ4n) is 7.51. The van der Waals surface area contributed by atoms with Gasteiger partial charge >= 0.3 is 0 Å². The number of hydrogen-bond acceptors (Lipinski definition) is 6. The molecule has 4 bridgehead atoms. The highest BCUT2D eigenvalue weighted by Gasteiger charge is 2.66. The van der Waals surface area contributed by atoms with Gasteiger partial charge in [0.05, 0.1) is 11.1 Å². The molecule has 8 rings (SSSR count). The predicted molar refractivity (Wildman–Crippen MR) is 113 cm³/mol. The number of likely N-dealkylation sites (tertiary alicyclic amines) is 1. The number of rotatable bonds is 2. The third-order valence-electron chi connectivity index (χ3n) is 8.99. The van der Waals surface area contributed by atoms with Crippen LogP contribution in [0, 0.1) is 23.7 Å². The van der Waals surface area contributed by atoms with Gasteiger partial charge in [0.15, 0.2) is 0 Å². The monoisotopic (exact) mass is 452 g/mol. The van der Waals surface area contributed by atoms with Crippen LogP contribution >= 0.6 is 0 Å². The lowest BCUT2D eigenvalue weighted by Gasteiger charge is -2.57.